The van der Waals surface area contributed by atoms with E-state index in [1.807, 2.05) is 39.8 Å². The first-order valence-electron chi connectivity index (χ1n) is 6.51. The Hall–Kier alpha value is -1.75. The Balaban J connectivity index is 3.25. The van der Waals surface area contributed by atoms with E-state index < -0.39 is 0 Å². The molecule has 0 bridgehead atoms. The standard InChI is InChI=1S/C14H21ClN4O/c1-5-18(12-10(4)7-6-8-11(12)15)14(20)19(9(2)3)13(16)17/h6-9H,5H2,1-4H3,(H3,16,17). The van der Waals surface area contributed by atoms with Crippen LogP contribution in [0.5, 0.6) is 0 Å². The molecule has 0 atom stereocenters. The third-order valence-corrected chi connectivity index (χ3v) is 3.29. The summed E-state index contributed by atoms with van der Waals surface area (Å²) >= 11 is 6.21. The van der Waals surface area contributed by atoms with Crippen molar-refractivity contribution in [3.8, 4) is 0 Å². The van der Waals surface area contributed by atoms with Gasteiger partial charge in [-0.05, 0) is 39.3 Å². The lowest BCUT2D eigenvalue weighted by Gasteiger charge is -2.32. The number of halogens is 1. The number of rotatable bonds is 3. The van der Waals surface area contributed by atoms with Gasteiger partial charge in [-0.2, -0.15) is 0 Å². The molecule has 0 aliphatic heterocycles. The predicted molar refractivity (Wildman–Crippen MR) is 83.5 cm³/mol. The summed E-state index contributed by atoms with van der Waals surface area (Å²) in [7, 11) is 0. The normalized spacial score (nSPS) is 10.5. The fourth-order valence-corrected chi connectivity index (χ4v) is 2.41. The first kappa shape index (κ1) is 16.3. The topological polar surface area (TPSA) is 73.4 Å². The molecule has 1 aromatic rings. The number of carbonyl (C=O) groups excluding carboxylic acids is 1. The molecule has 1 aromatic carbocycles. The second-order valence-corrected chi connectivity index (χ2v) is 5.19. The smallest absolute Gasteiger partial charge is 0.331 e. The van der Waals surface area contributed by atoms with Crippen molar-refractivity contribution in [3.05, 3.63) is 28.8 Å². The number of hydrogen-bond donors (Lipinski definition) is 2. The van der Waals surface area contributed by atoms with E-state index in [0.29, 0.717) is 17.3 Å². The van der Waals surface area contributed by atoms with Crippen molar-refractivity contribution in [3.63, 3.8) is 0 Å². The molecular formula is C14H21ClN4O. The van der Waals surface area contributed by atoms with Crippen molar-refractivity contribution in [2.45, 2.75) is 33.7 Å². The molecule has 0 spiro atoms. The Labute approximate surface area is 124 Å². The number of carbonyl (C=O) groups is 1. The number of para-hydroxylation sites is 1. The molecule has 0 radical (unpaired) electrons. The minimum Gasteiger partial charge on any atom is -0.370 e. The fourth-order valence-electron chi connectivity index (χ4n) is 2.09. The fraction of sp³-hybridized carbons (Fsp3) is 0.429. The number of hydrogen-bond acceptors (Lipinski definition) is 2. The quantitative estimate of drug-likeness (QED) is 0.664. The molecular weight excluding hydrogens is 276 g/mol. The maximum absolute atomic E-state index is 12.6. The molecule has 1 rings (SSSR count). The lowest BCUT2D eigenvalue weighted by Crippen LogP contribution is -2.52. The van der Waals surface area contributed by atoms with E-state index in [9.17, 15) is 4.79 Å². The SMILES string of the molecule is CCN(C(=O)N(C(=N)N)C(C)C)c1c(C)cccc1Cl. The van der Waals surface area contributed by atoms with E-state index in [1.165, 1.54) is 4.90 Å². The molecule has 0 aliphatic rings. The minimum absolute atomic E-state index is 0.197. The molecule has 3 N–H and O–H groups in total. The lowest BCUT2D eigenvalue weighted by atomic mass is 10.2. The third-order valence-electron chi connectivity index (χ3n) is 2.99. The maximum Gasteiger partial charge on any atom is 0.331 e. The first-order valence-corrected chi connectivity index (χ1v) is 6.88. The highest BCUT2D eigenvalue weighted by atomic mass is 35.5. The second kappa shape index (κ2) is 6.61. The van der Waals surface area contributed by atoms with Gasteiger partial charge in [0.15, 0.2) is 5.96 Å². The van der Waals surface area contributed by atoms with Crippen molar-refractivity contribution >= 4 is 29.3 Å². The molecule has 0 saturated carbocycles. The van der Waals surface area contributed by atoms with Gasteiger partial charge in [-0.25, -0.2) is 4.79 Å². The Morgan fingerprint density at radius 1 is 1.45 bits per heavy atom. The first-order chi connectivity index (χ1) is 9.31. The largest absolute Gasteiger partial charge is 0.370 e. The van der Waals surface area contributed by atoms with E-state index in [1.54, 1.807) is 11.0 Å². The van der Waals surface area contributed by atoms with Crippen LogP contribution in [0.15, 0.2) is 18.2 Å². The maximum atomic E-state index is 12.6. The number of anilines is 1. The van der Waals surface area contributed by atoms with Gasteiger partial charge < -0.3 is 5.73 Å². The zero-order valence-corrected chi connectivity index (χ0v) is 13.0. The number of aryl methyl sites for hydroxylation is 1. The summed E-state index contributed by atoms with van der Waals surface area (Å²) in [6.45, 7) is 7.82. The van der Waals surface area contributed by atoms with Gasteiger partial charge in [-0.15, -0.1) is 0 Å². The molecule has 0 fully saturated rings. The predicted octanol–water partition coefficient (Wildman–Crippen LogP) is 3.20. The van der Waals surface area contributed by atoms with Crippen LogP contribution in [-0.2, 0) is 0 Å². The third kappa shape index (κ3) is 3.22. The Kier molecular flexibility index (Phi) is 5.39. The Bertz CT molecular complexity index is 496. The van der Waals surface area contributed by atoms with Gasteiger partial charge in [-0.1, -0.05) is 23.7 Å². The van der Waals surface area contributed by atoms with Crippen LogP contribution in [-0.4, -0.2) is 29.5 Å². The van der Waals surface area contributed by atoms with E-state index in [4.69, 9.17) is 22.7 Å². The average Bonchev–Trinajstić information content (AvgIpc) is 2.32. The van der Waals surface area contributed by atoms with Gasteiger partial charge in [0, 0.05) is 12.6 Å². The number of benzene rings is 1. The summed E-state index contributed by atoms with van der Waals surface area (Å²) < 4.78 is 0. The number of guanidine groups is 1. The van der Waals surface area contributed by atoms with Crippen LogP contribution in [0.3, 0.4) is 0 Å². The van der Waals surface area contributed by atoms with Crippen LogP contribution < -0.4 is 10.6 Å². The van der Waals surface area contributed by atoms with Crippen LogP contribution in [0.1, 0.15) is 26.3 Å². The van der Waals surface area contributed by atoms with E-state index in [0.717, 1.165) is 5.56 Å². The molecule has 110 valence electrons. The summed E-state index contributed by atoms with van der Waals surface area (Å²) in [4.78, 5) is 15.4. The molecule has 0 aromatic heterocycles. The molecule has 6 heteroatoms. The average molecular weight is 297 g/mol. The molecule has 0 unspecified atom stereocenters. The Morgan fingerprint density at radius 2 is 2.05 bits per heavy atom. The van der Waals surface area contributed by atoms with Crippen LogP contribution in [0, 0.1) is 12.3 Å². The van der Waals surface area contributed by atoms with Crippen LogP contribution >= 0.6 is 11.6 Å². The van der Waals surface area contributed by atoms with Gasteiger partial charge in [0.1, 0.15) is 0 Å². The summed E-state index contributed by atoms with van der Waals surface area (Å²) in [6.07, 6.45) is 0. The highest BCUT2D eigenvalue weighted by molar-refractivity contribution is 6.34. The molecule has 0 heterocycles. The van der Waals surface area contributed by atoms with Gasteiger partial charge in [0.05, 0.1) is 10.7 Å². The Morgan fingerprint density at radius 3 is 2.45 bits per heavy atom. The van der Waals surface area contributed by atoms with E-state index in [2.05, 4.69) is 0 Å². The van der Waals surface area contributed by atoms with Gasteiger partial charge in [0.25, 0.3) is 0 Å². The van der Waals surface area contributed by atoms with Crippen LogP contribution in [0.4, 0.5) is 10.5 Å². The zero-order valence-electron chi connectivity index (χ0n) is 12.3. The van der Waals surface area contributed by atoms with Crippen molar-refractivity contribution in [2.24, 2.45) is 5.73 Å². The number of amides is 2. The summed E-state index contributed by atoms with van der Waals surface area (Å²) in [6, 6.07) is 4.94. The van der Waals surface area contributed by atoms with Crippen molar-refractivity contribution in [2.75, 3.05) is 11.4 Å². The van der Waals surface area contributed by atoms with E-state index in [-0.39, 0.29) is 18.0 Å². The molecule has 2 amide bonds. The molecule has 0 saturated heterocycles. The van der Waals surface area contributed by atoms with Gasteiger partial charge in [-0.3, -0.25) is 15.2 Å². The summed E-state index contributed by atoms with van der Waals surface area (Å²) in [5, 5.41) is 8.08. The molecule has 20 heavy (non-hydrogen) atoms. The second-order valence-electron chi connectivity index (χ2n) is 4.78. The highest BCUT2D eigenvalue weighted by Crippen LogP contribution is 2.30. The lowest BCUT2D eigenvalue weighted by molar-refractivity contribution is 0.219. The minimum atomic E-state index is -0.341. The highest BCUT2D eigenvalue weighted by Gasteiger charge is 2.27. The van der Waals surface area contributed by atoms with Gasteiger partial charge in [0.2, 0.25) is 0 Å². The number of nitrogens with two attached hydrogens (primary N) is 1. The summed E-state index contributed by atoms with van der Waals surface area (Å²) in [5.74, 6) is -0.270. The van der Waals surface area contributed by atoms with Crippen molar-refractivity contribution in [1.29, 1.82) is 5.41 Å². The van der Waals surface area contributed by atoms with Crippen LogP contribution in [0.2, 0.25) is 5.02 Å². The van der Waals surface area contributed by atoms with Gasteiger partial charge >= 0.3 is 6.03 Å². The van der Waals surface area contributed by atoms with Crippen LogP contribution in [0.25, 0.3) is 0 Å². The monoisotopic (exact) mass is 296 g/mol. The zero-order chi connectivity index (χ0) is 15.4. The van der Waals surface area contributed by atoms with Crippen molar-refractivity contribution in [1.82, 2.24) is 4.90 Å². The molecule has 0 aliphatic carbocycles. The molecule has 5 nitrogen and oxygen atoms in total. The van der Waals surface area contributed by atoms with E-state index >= 15 is 0 Å². The number of nitrogens with one attached hydrogen (secondary N) is 1. The number of urea groups is 1. The number of nitrogens with zero attached hydrogens (tertiary/aromatic N) is 2. The van der Waals surface area contributed by atoms with Crippen molar-refractivity contribution < 1.29 is 4.79 Å². The summed E-state index contributed by atoms with van der Waals surface area (Å²) in [5.41, 5.74) is 7.08.